The van der Waals surface area contributed by atoms with Crippen molar-refractivity contribution in [2.45, 2.75) is 20.5 Å². The molecule has 26 heavy (non-hydrogen) atoms. The van der Waals surface area contributed by atoms with Crippen molar-refractivity contribution in [2.24, 2.45) is 0 Å². The van der Waals surface area contributed by atoms with Crippen LogP contribution in [0.1, 0.15) is 27.0 Å². The Bertz CT molecular complexity index is 1090. The summed E-state index contributed by atoms with van der Waals surface area (Å²) < 4.78 is 10.5. The predicted octanol–water partition coefficient (Wildman–Crippen LogP) is 5.73. The average molecular weight is 412 g/mol. The molecule has 0 saturated heterocycles. The van der Waals surface area contributed by atoms with E-state index in [1.165, 1.54) is 18.2 Å². The van der Waals surface area contributed by atoms with Crippen LogP contribution in [-0.4, -0.2) is 5.97 Å². The van der Waals surface area contributed by atoms with Crippen LogP contribution in [0.3, 0.4) is 0 Å². The summed E-state index contributed by atoms with van der Waals surface area (Å²) in [5, 5.41) is 1.05. The molecule has 0 fully saturated rings. The molecule has 0 radical (unpaired) electrons. The van der Waals surface area contributed by atoms with Crippen LogP contribution in [0, 0.1) is 13.8 Å². The molecule has 7 heteroatoms. The molecule has 0 aliphatic rings. The maximum absolute atomic E-state index is 12.4. The summed E-state index contributed by atoms with van der Waals surface area (Å²) in [4.78, 5) is 24.2. The fourth-order valence-electron chi connectivity index (χ4n) is 2.53. The lowest BCUT2D eigenvalue weighted by atomic mass is 10.0. The Balaban J connectivity index is 1.96. The molecule has 0 aliphatic carbocycles. The summed E-state index contributed by atoms with van der Waals surface area (Å²) in [6.07, 6.45) is 0. The SMILES string of the molecule is Cc1cc2oc(=O)cc(COC(=O)c3c(Cl)ccc(Cl)c3Cl)c2cc1C. The Kier molecular flexibility index (Phi) is 5.28. The monoisotopic (exact) mass is 410 g/mol. The zero-order valence-corrected chi connectivity index (χ0v) is 16.1. The normalized spacial score (nSPS) is 11.0. The number of aryl methyl sites for hydroxylation is 2. The maximum Gasteiger partial charge on any atom is 0.341 e. The van der Waals surface area contributed by atoms with Gasteiger partial charge in [-0.15, -0.1) is 0 Å². The van der Waals surface area contributed by atoms with Crippen molar-refractivity contribution in [1.29, 1.82) is 0 Å². The van der Waals surface area contributed by atoms with Gasteiger partial charge in [0.25, 0.3) is 0 Å². The van der Waals surface area contributed by atoms with E-state index in [4.69, 9.17) is 44.0 Å². The molecule has 0 saturated carbocycles. The number of fused-ring (bicyclic) bond motifs is 1. The van der Waals surface area contributed by atoms with Crippen LogP contribution in [0.25, 0.3) is 11.0 Å². The van der Waals surface area contributed by atoms with Gasteiger partial charge in [-0.1, -0.05) is 34.8 Å². The Hall–Kier alpha value is -2.01. The van der Waals surface area contributed by atoms with E-state index in [9.17, 15) is 9.59 Å². The van der Waals surface area contributed by atoms with Crippen molar-refractivity contribution in [1.82, 2.24) is 0 Å². The first-order chi connectivity index (χ1) is 12.3. The van der Waals surface area contributed by atoms with Gasteiger partial charge in [-0.05, 0) is 49.2 Å². The quantitative estimate of drug-likeness (QED) is 0.314. The zero-order valence-electron chi connectivity index (χ0n) is 13.9. The summed E-state index contributed by atoms with van der Waals surface area (Å²) in [7, 11) is 0. The van der Waals surface area contributed by atoms with E-state index in [0.717, 1.165) is 11.1 Å². The smallest absolute Gasteiger partial charge is 0.341 e. The van der Waals surface area contributed by atoms with Crippen molar-refractivity contribution in [3.8, 4) is 0 Å². The van der Waals surface area contributed by atoms with E-state index in [-0.39, 0.29) is 27.2 Å². The molecule has 0 amide bonds. The molecule has 2 aromatic carbocycles. The highest BCUT2D eigenvalue weighted by Crippen LogP contribution is 2.32. The molecule has 1 aromatic heterocycles. The number of rotatable bonds is 3. The topological polar surface area (TPSA) is 56.5 Å². The second-order valence-electron chi connectivity index (χ2n) is 5.82. The van der Waals surface area contributed by atoms with Crippen molar-refractivity contribution >= 4 is 51.7 Å². The number of carbonyl (C=O) groups is 1. The largest absolute Gasteiger partial charge is 0.457 e. The average Bonchev–Trinajstić information content (AvgIpc) is 2.58. The fraction of sp³-hybridized carbons (Fsp3) is 0.158. The number of esters is 1. The Morgan fingerprint density at radius 1 is 1.04 bits per heavy atom. The molecule has 0 aliphatic heterocycles. The van der Waals surface area contributed by atoms with Crippen LogP contribution < -0.4 is 5.63 Å². The molecule has 4 nitrogen and oxygen atoms in total. The lowest BCUT2D eigenvalue weighted by molar-refractivity contribution is 0.0474. The number of carbonyl (C=O) groups excluding carboxylic acids is 1. The third-order valence-electron chi connectivity index (χ3n) is 4.05. The first kappa shape index (κ1) is 18.8. The first-order valence-corrected chi connectivity index (χ1v) is 8.76. The molecule has 0 bridgehead atoms. The number of hydrogen-bond acceptors (Lipinski definition) is 4. The molecule has 0 unspecified atom stereocenters. The van der Waals surface area contributed by atoms with Crippen LogP contribution in [0.15, 0.2) is 39.5 Å². The molecule has 0 atom stereocenters. The summed E-state index contributed by atoms with van der Waals surface area (Å²) in [5.41, 5.74) is 2.45. The molecule has 3 aromatic rings. The highest BCUT2D eigenvalue weighted by Gasteiger charge is 2.19. The Labute approximate surface area is 164 Å². The highest BCUT2D eigenvalue weighted by atomic mass is 35.5. The lowest BCUT2D eigenvalue weighted by Gasteiger charge is -2.11. The van der Waals surface area contributed by atoms with E-state index in [1.54, 1.807) is 6.07 Å². The van der Waals surface area contributed by atoms with E-state index in [0.29, 0.717) is 16.5 Å². The zero-order chi connectivity index (χ0) is 19.0. The van der Waals surface area contributed by atoms with Gasteiger partial charge in [0.2, 0.25) is 0 Å². The van der Waals surface area contributed by atoms with E-state index in [1.807, 2.05) is 19.9 Å². The molecule has 1 heterocycles. The third-order valence-corrected chi connectivity index (χ3v) is 5.17. The van der Waals surface area contributed by atoms with Crippen LogP contribution in [0.2, 0.25) is 15.1 Å². The number of benzene rings is 2. The van der Waals surface area contributed by atoms with Crippen LogP contribution in [0.5, 0.6) is 0 Å². The second-order valence-corrected chi connectivity index (χ2v) is 7.01. The number of halogens is 3. The number of hydrogen-bond donors (Lipinski definition) is 0. The molecule has 134 valence electrons. The van der Waals surface area contributed by atoms with Crippen molar-refractivity contribution in [2.75, 3.05) is 0 Å². The van der Waals surface area contributed by atoms with Crippen LogP contribution >= 0.6 is 34.8 Å². The van der Waals surface area contributed by atoms with Gasteiger partial charge < -0.3 is 9.15 Å². The maximum atomic E-state index is 12.4. The van der Waals surface area contributed by atoms with Gasteiger partial charge in [-0.3, -0.25) is 0 Å². The van der Waals surface area contributed by atoms with Gasteiger partial charge in [0.15, 0.2) is 0 Å². The summed E-state index contributed by atoms with van der Waals surface area (Å²) in [6, 6.07) is 7.92. The second kappa shape index (κ2) is 7.31. The molecular weight excluding hydrogens is 399 g/mol. The van der Waals surface area contributed by atoms with Crippen molar-refractivity contribution < 1.29 is 13.9 Å². The molecular formula is C19H13Cl3O4. The lowest BCUT2D eigenvalue weighted by Crippen LogP contribution is -2.09. The summed E-state index contributed by atoms with van der Waals surface area (Å²) in [5.74, 6) is -0.729. The molecule has 0 N–H and O–H groups in total. The molecule has 0 spiro atoms. The van der Waals surface area contributed by atoms with Crippen molar-refractivity contribution in [3.05, 3.63) is 78.1 Å². The minimum atomic E-state index is -0.729. The Morgan fingerprint density at radius 3 is 2.42 bits per heavy atom. The predicted molar refractivity (Wildman–Crippen MR) is 103 cm³/mol. The van der Waals surface area contributed by atoms with Gasteiger partial charge in [-0.2, -0.15) is 0 Å². The summed E-state index contributed by atoms with van der Waals surface area (Å²) in [6.45, 7) is 3.73. The first-order valence-electron chi connectivity index (χ1n) is 7.62. The van der Waals surface area contributed by atoms with E-state index < -0.39 is 11.6 Å². The van der Waals surface area contributed by atoms with Gasteiger partial charge >= 0.3 is 11.6 Å². The standard InChI is InChI=1S/C19H13Cl3O4/c1-9-5-12-11(7-16(23)26-15(12)6-10(9)2)8-25-19(24)17-13(20)3-4-14(21)18(17)22/h3-7H,8H2,1-2H3. The van der Waals surface area contributed by atoms with Gasteiger partial charge in [0.1, 0.15) is 12.2 Å². The van der Waals surface area contributed by atoms with Gasteiger partial charge in [0, 0.05) is 17.0 Å². The van der Waals surface area contributed by atoms with Crippen LogP contribution in [-0.2, 0) is 11.3 Å². The fourth-order valence-corrected chi connectivity index (χ4v) is 3.21. The minimum Gasteiger partial charge on any atom is -0.457 e. The van der Waals surface area contributed by atoms with Crippen LogP contribution in [0.4, 0.5) is 0 Å². The Morgan fingerprint density at radius 2 is 1.69 bits per heavy atom. The van der Waals surface area contributed by atoms with Gasteiger partial charge in [-0.25, -0.2) is 9.59 Å². The highest BCUT2D eigenvalue weighted by molar-refractivity contribution is 6.46. The van der Waals surface area contributed by atoms with Crippen molar-refractivity contribution in [3.63, 3.8) is 0 Å². The minimum absolute atomic E-state index is 0.0138. The van der Waals surface area contributed by atoms with Gasteiger partial charge in [0.05, 0.1) is 20.6 Å². The third kappa shape index (κ3) is 3.58. The van der Waals surface area contributed by atoms with E-state index >= 15 is 0 Å². The van der Waals surface area contributed by atoms with E-state index in [2.05, 4.69) is 0 Å². The number of ether oxygens (including phenoxy) is 1. The molecule has 3 rings (SSSR count). The summed E-state index contributed by atoms with van der Waals surface area (Å²) >= 11 is 18.0.